The molecule has 2 rings (SSSR count). The number of benzene rings is 2. The molecule has 0 heterocycles. The lowest BCUT2D eigenvalue weighted by atomic mass is 10.2. The third-order valence-electron chi connectivity index (χ3n) is 3.06. The van der Waals surface area contributed by atoms with Gasteiger partial charge < -0.3 is 10.1 Å². The molecule has 8 heteroatoms. The van der Waals surface area contributed by atoms with Crippen LogP contribution >= 0.6 is 11.8 Å². The molecule has 0 aromatic heterocycles. The number of nitro benzene ring substituents is 1. The summed E-state index contributed by atoms with van der Waals surface area (Å²) in [5.41, 5.74) is 0.439. The van der Waals surface area contributed by atoms with Crippen molar-refractivity contribution in [3.8, 4) is 5.75 Å². The number of para-hydroxylation sites is 1. The molecular weight excluding hydrogens is 332 g/mol. The molecule has 0 bridgehead atoms. The number of carbonyl (C=O) groups is 2. The van der Waals surface area contributed by atoms with E-state index < -0.39 is 10.8 Å². The van der Waals surface area contributed by atoms with Crippen molar-refractivity contribution >= 4 is 35.3 Å². The van der Waals surface area contributed by atoms with E-state index in [1.165, 1.54) is 23.9 Å². The minimum atomic E-state index is -0.663. The molecule has 0 aliphatic carbocycles. The second-order valence-corrected chi connectivity index (χ2v) is 5.49. The molecule has 1 amide bonds. The molecule has 2 aromatic carbocycles. The van der Waals surface area contributed by atoms with Crippen molar-refractivity contribution in [1.29, 1.82) is 0 Å². The fourth-order valence-corrected chi connectivity index (χ4v) is 2.50. The van der Waals surface area contributed by atoms with Gasteiger partial charge in [0.2, 0.25) is 0 Å². The van der Waals surface area contributed by atoms with Gasteiger partial charge in [-0.1, -0.05) is 12.1 Å². The van der Waals surface area contributed by atoms with E-state index in [2.05, 4.69) is 5.32 Å². The van der Waals surface area contributed by atoms with Gasteiger partial charge in [0.1, 0.15) is 6.29 Å². The van der Waals surface area contributed by atoms with Gasteiger partial charge in [0, 0.05) is 16.5 Å². The number of aldehydes is 1. The highest BCUT2D eigenvalue weighted by molar-refractivity contribution is 7.98. The van der Waals surface area contributed by atoms with Gasteiger partial charge >= 0.3 is 5.69 Å². The Balaban J connectivity index is 2.06. The molecule has 124 valence electrons. The number of nitro groups is 1. The summed E-state index contributed by atoms with van der Waals surface area (Å²) in [6, 6.07) is 11.1. The van der Waals surface area contributed by atoms with Gasteiger partial charge in [0.25, 0.3) is 5.91 Å². The number of nitrogens with zero attached hydrogens (tertiary/aromatic N) is 1. The molecule has 0 aliphatic heterocycles. The smallest absolute Gasteiger partial charge is 0.311 e. The van der Waals surface area contributed by atoms with Gasteiger partial charge in [0.15, 0.2) is 12.4 Å². The van der Waals surface area contributed by atoms with Crippen LogP contribution < -0.4 is 10.1 Å². The van der Waals surface area contributed by atoms with E-state index in [4.69, 9.17) is 4.74 Å². The lowest BCUT2D eigenvalue weighted by molar-refractivity contribution is -0.385. The van der Waals surface area contributed by atoms with Crippen LogP contribution in [0.3, 0.4) is 0 Å². The first-order chi connectivity index (χ1) is 11.5. The van der Waals surface area contributed by atoms with Crippen LogP contribution in [-0.2, 0) is 4.79 Å². The van der Waals surface area contributed by atoms with E-state index >= 15 is 0 Å². The Morgan fingerprint density at radius 3 is 2.75 bits per heavy atom. The van der Waals surface area contributed by atoms with Crippen LogP contribution in [0.1, 0.15) is 10.4 Å². The zero-order valence-corrected chi connectivity index (χ0v) is 13.5. The van der Waals surface area contributed by atoms with Gasteiger partial charge in [0.05, 0.1) is 10.6 Å². The minimum Gasteiger partial charge on any atom is -0.477 e. The summed E-state index contributed by atoms with van der Waals surface area (Å²) in [6.07, 6.45) is 2.39. The Morgan fingerprint density at radius 1 is 1.33 bits per heavy atom. The number of nitrogens with one attached hydrogen (secondary N) is 1. The van der Waals surface area contributed by atoms with E-state index in [0.717, 1.165) is 11.0 Å². The SMILES string of the molecule is CSc1ccccc1NC(=O)COc1ccc(C=O)cc1[N+](=O)[O-]. The van der Waals surface area contributed by atoms with Gasteiger partial charge in [-0.05, 0) is 30.5 Å². The molecule has 24 heavy (non-hydrogen) atoms. The van der Waals surface area contributed by atoms with E-state index in [-0.39, 0.29) is 23.6 Å². The fourth-order valence-electron chi connectivity index (χ4n) is 1.95. The Labute approximate surface area is 142 Å². The van der Waals surface area contributed by atoms with Crippen molar-refractivity contribution in [1.82, 2.24) is 0 Å². The van der Waals surface area contributed by atoms with Crippen molar-refractivity contribution in [3.05, 3.63) is 58.1 Å². The number of amides is 1. The van der Waals surface area contributed by atoms with Crippen molar-refractivity contribution in [2.45, 2.75) is 4.90 Å². The summed E-state index contributed by atoms with van der Waals surface area (Å²) in [7, 11) is 0. The number of carbonyl (C=O) groups excluding carboxylic acids is 2. The van der Waals surface area contributed by atoms with E-state index in [9.17, 15) is 19.7 Å². The molecule has 0 spiro atoms. The summed E-state index contributed by atoms with van der Waals surface area (Å²) in [5, 5.41) is 13.7. The summed E-state index contributed by atoms with van der Waals surface area (Å²) in [5.74, 6) is -0.510. The van der Waals surface area contributed by atoms with E-state index in [1.54, 1.807) is 12.1 Å². The number of rotatable bonds is 7. The molecule has 0 saturated heterocycles. The van der Waals surface area contributed by atoms with Crippen LogP contribution in [0.5, 0.6) is 5.75 Å². The van der Waals surface area contributed by atoms with Crippen molar-refractivity contribution in [2.75, 3.05) is 18.2 Å². The number of hydrogen-bond donors (Lipinski definition) is 1. The predicted octanol–water partition coefficient (Wildman–Crippen LogP) is 3.15. The Morgan fingerprint density at radius 2 is 2.08 bits per heavy atom. The zero-order chi connectivity index (χ0) is 17.5. The number of ether oxygens (including phenoxy) is 1. The van der Waals surface area contributed by atoms with E-state index in [1.807, 2.05) is 18.4 Å². The molecule has 0 aliphatic rings. The summed E-state index contributed by atoms with van der Waals surface area (Å²) in [4.78, 5) is 33.9. The average molecular weight is 346 g/mol. The molecule has 0 atom stereocenters. The monoisotopic (exact) mass is 346 g/mol. The van der Waals surface area contributed by atoms with Gasteiger partial charge in [-0.15, -0.1) is 11.8 Å². The van der Waals surface area contributed by atoms with Gasteiger partial charge in [-0.3, -0.25) is 19.7 Å². The first kappa shape index (κ1) is 17.5. The van der Waals surface area contributed by atoms with Gasteiger partial charge in [-0.25, -0.2) is 0 Å². The summed E-state index contributed by atoms with van der Waals surface area (Å²) in [6.45, 7) is -0.385. The molecule has 0 unspecified atom stereocenters. The third-order valence-corrected chi connectivity index (χ3v) is 3.85. The Hall–Kier alpha value is -2.87. The quantitative estimate of drug-likeness (QED) is 0.358. The highest BCUT2D eigenvalue weighted by Crippen LogP contribution is 2.28. The topological polar surface area (TPSA) is 98.5 Å². The summed E-state index contributed by atoms with van der Waals surface area (Å²) >= 11 is 1.48. The maximum absolute atomic E-state index is 12.0. The molecule has 0 saturated carbocycles. The molecule has 2 aromatic rings. The van der Waals surface area contributed by atoms with Crippen LogP contribution in [0.15, 0.2) is 47.4 Å². The van der Waals surface area contributed by atoms with Crippen LogP contribution in [0, 0.1) is 10.1 Å². The Bertz CT molecular complexity index is 779. The molecular formula is C16H14N2O5S. The van der Waals surface area contributed by atoms with Crippen molar-refractivity contribution in [3.63, 3.8) is 0 Å². The Kier molecular flexibility index (Phi) is 5.91. The fraction of sp³-hybridized carbons (Fsp3) is 0.125. The molecule has 0 radical (unpaired) electrons. The average Bonchev–Trinajstić information content (AvgIpc) is 2.60. The lowest BCUT2D eigenvalue weighted by Gasteiger charge is -2.10. The van der Waals surface area contributed by atoms with Crippen LogP contribution in [-0.4, -0.2) is 30.0 Å². The molecule has 7 nitrogen and oxygen atoms in total. The molecule has 0 fully saturated rings. The largest absolute Gasteiger partial charge is 0.477 e. The van der Waals surface area contributed by atoms with Crippen LogP contribution in [0.25, 0.3) is 0 Å². The first-order valence-electron chi connectivity index (χ1n) is 6.84. The standard InChI is InChI=1S/C16H14N2O5S/c1-24-15-5-3-2-4-12(15)17-16(20)10-23-14-7-6-11(9-19)8-13(14)18(21)22/h2-9H,10H2,1H3,(H,17,20). The number of thioether (sulfide) groups is 1. The minimum absolute atomic E-state index is 0.0705. The summed E-state index contributed by atoms with van der Waals surface area (Å²) < 4.78 is 5.23. The maximum atomic E-state index is 12.0. The normalized spacial score (nSPS) is 10.0. The third kappa shape index (κ3) is 4.32. The van der Waals surface area contributed by atoms with E-state index in [0.29, 0.717) is 12.0 Å². The zero-order valence-electron chi connectivity index (χ0n) is 12.7. The maximum Gasteiger partial charge on any atom is 0.311 e. The highest BCUT2D eigenvalue weighted by Gasteiger charge is 2.17. The number of hydrogen-bond acceptors (Lipinski definition) is 6. The van der Waals surface area contributed by atoms with Crippen molar-refractivity contribution < 1.29 is 19.2 Å². The molecule has 1 N–H and O–H groups in total. The number of anilines is 1. The second kappa shape index (κ2) is 8.11. The van der Waals surface area contributed by atoms with Crippen molar-refractivity contribution in [2.24, 2.45) is 0 Å². The highest BCUT2D eigenvalue weighted by atomic mass is 32.2. The second-order valence-electron chi connectivity index (χ2n) is 4.64. The lowest BCUT2D eigenvalue weighted by Crippen LogP contribution is -2.20. The first-order valence-corrected chi connectivity index (χ1v) is 8.07. The van der Waals surface area contributed by atoms with Gasteiger partial charge in [-0.2, -0.15) is 0 Å². The predicted molar refractivity (Wildman–Crippen MR) is 90.8 cm³/mol. The van der Waals surface area contributed by atoms with Crippen LogP contribution in [0.4, 0.5) is 11.4 Å². The van der Waals surface area contributed by atoms with Crippen LogP contribution in [0.2, 0.25) is 0 Å².